The van der Waals surface area contributed by atoms with Crippen LogP contribution in [0.3, 0.4) is 0 Å². The fraction of sp³-hybridized carbons (Fsp3) is 0.500. The van der Waals surface area contributed by atoms with E-state index < -0.39 is 17.4 Å². The lowest BCUT2D eigenvalue weighted by atomic mass is 9.95. The molecule has 6 nitrogen and oxygen atoms in total. The van der Waals surface area contributed by atoms with Crippen LogP contribution < -0.4 is 16.8 Å². The molecule has 0 spiro atoms. The molecule has 1 aliphatic rings. The molecular weight excluding hydrogens is 160 g/mol. The number of nitrogens with two attached hydrogens (primary N) is 2. The Labute approximate surface area is 69.0 Å². The van der Waals surface area contributed by atoms with Crippen LogP contribution in [0.5, 0.6) is 0 Å². The van der Waals surface area contributed by atoms with Crippen molar-refractivity contribution < 1.29 is 9.59 Å². The molecule has 1 unspecified atom stereocenters. The fourth-order valence-corrected chi connectivity index (χ4v) is 1.05. The van der Waals surface area contributed by atoms with Crippen LogP contribution in [0.2, 0.25) is 0 Å². The molecule has 0 bridgehead atoms. The third-order valence-corrected chi connectivity index (χ3v) is 1.87. The summed E-state index contributed by atoms with van der Waals surface area (Å²) in [5.41, 5.74) is 8.86. The SMILES string of the molecule is CC1(C(N)=O)NCN=C1C(N)=O. The van der Waals surface area contributed by atoms with Crippen LogP contribution in [0, 0.1) is 0 Å². The molecule has 1 atom stereocenters. The number of hydrogen-bond donors (Lipinski definition) is 3. The van der Waals surface area contributed by atoms with Gasteiger partial charge in [0.25, 0.3) is 5.91 Å². The predicted octanol–water partition coefficient (Wildman–Crippen LogP) is -2.28. The zero-order valence-corrected chi connectivity index (χ0v) is 6.63. The summed E-state index contributed by atoms with van der Waals surface area (Å²) < 4.78 is 0. The van der Waals surface area contributed by atoms with Gasteiger partial charge < -0.3 is 11.5 Å². The highest BCUT2D eigenvalue weighted by Gasteiger charge is 2.42. The lowest BCUT2D eigenvalue weighted by molar-refractivity contribution is -0.122. The smallest absolute Gasteiger partial charge is 0.265 e. The fourth-order valence-electron chi connectivity index (χ4n) is 1.05. The first-order valence-corrected chi connectivity index (χ1v) is 3.38. The van der Waals surface area contributed by atoms with Crippen molar-refractivity contribution in [3.63, 3.8) is 0 Å². The number of primary amides is 2. The maximum Gasteiger partial charge on any atom is 0.265 e. The molecule has 0 aliphatic carbocycles. The highest BCUT2D eigenvalue weighted by atomic mass is 16.2. The van der Waals surface area contributed by atoms with Crippen LogP contribution in [-0.2, 0) is 9.59 Å². The summed E-state index contributed by atoms with van der Waals surface area (Å²) in [5.74, 6) is -1.38. The highest BCUT2D eigenvalue weighted by molar-refractivity contribution is 6.46. The maximum absolute atomic E-state index is 10.9. The molecule has 0 fully saturated rings. The summed E-state index contributed by atoms with van der Waals surface area (Å²) in [6, 6.07) is 0. The molecule has 1 heterocycles. The zero-order valence-electron chi connectivity index (χ0n) is 6.63. The number of rotatable bonds is 2. The summed E-state index contributed by atoms with van der Waals surface area (Å²) in [7, 11) is 0. The first kappa shape index (κ1) is 8.66. The molecule has 0 aromatic rings. The van der Waals surface area contributed by atoms with E-state index in [1.165, 1.54) is 6.92 Å². The van der Waals surface area contributed by atoms with E-state index in [1.54, 1.807) is 0 Å². The first-order chi connectivity index (χ1) is 5.48. The molecule has 0 aromatic heterocycles. The summed E-state index contributed by atoms with van der Waals surface area (Å²) in [6.07, 6.45) is 0. The van der Waals surface area contributed by atoms with Gasteiger partial charge in [0.15, 0.2) is 0 Å². The van der Waals surface area contributed by atoms with E-state index in [-0.39, 0.29) is 12.4 Å². The normalized spacial score (nSPS) is 28.2. The molecule has 6 heteroatoms. The Kier molecular flexibility index (Phi) is 1.85. The number of amides is 2. The Bertz CT molecular complexity index is 273. The summed E-state index contributed by atoms with van der Waals surface area (Å²) in [6.45, 7) is 1.67. The molecule has 1 aliphatic heterocycles. The minimum atomic E-state index is -1.20. The van der Waals surface area contributed by atoms with E-state index in [1.807, 2.05) is 0 Å². The Morgan fingerprint density at radius 1 is 1.58 bits per heavy atom. The van der Waals surface area contributed by atoms with Crippen LogP contribution in [0.4, 0.5) is 0 Å². The third-order valence-electron chi connectivity index (χ3n) is 1.87. The van der Waals surface area contributed by atoms with Gasteiger partial charge in [-0.15, -0.1) is 0 Å². The van der Waals surface area contributed by atoms with Gasteiger partial charge in [0, 0.05) is 0 Å². The van der Waals surface area contributed by atoms with Gasteiger partial charge in [-0.05, 0) is 6.92 Å². The van der Waals surface area contributed by atoms with Crippen molar-refractivity contribution in [3.05, 3.63) is 0 Å². The van der Waals surface area contributed by atoms with Gasteiger partial charge in [0.05, 0.1) is 6.67 Å². The number of carbonyl (C=O) groups is 2. The molecule has 0 radical (unpaired) electrons. The third kappa shape index (κ3) is 1.06. The van der Waals surface area contributed by atoms with Crippen LogP contribution >= 0.6 is 0 Å². The van der Waals surface area contributed by atoms with Crippen molar-refractivity contribution in [3.8, 4) is 0 Å². The second-order valence-corrected chi connectivity index (χ2v) is 2.70. The van der Waals surface area contributed by atoms with E-state index >= 15 is 0 Å². The minimum absolute atomic E-state index is 0.00463. The van der Waals surface area contributed by atoms with Gasteiger partial charge >= 0.3 is 0 Å². The lowest BCUT2D eigenvalue weighted by Gasteiger charge is -2.20. The first-order valence-electron chi connectivity index (χ1n) is 3.38. The van der Waals surface area contributed by atoms with Gasteiger partial charge in [0.1, 0.15) is 11.3 Å². The Morgan fingerprint density at radius 2 is 2.17 bits per heavy atom. The molecule has 0 saturated carbocycles. The average Bonchev–Trinajstić information content (AvgIpc) is 2.32. The van der Waals surface area contributed by atoms with Crippen LogP contribution in [0.15, 0.2) is 4.99 Å². The highest BCUT2D eigenvalue weighted by Crippen LogP contribution is 2.11. The van der Waals surface area contributed by atoms with Gasteiger partial charge in [-0.2, -0.15) is 0 Å². The molecule has 66 valence electrons. The monoisotopic (exact) mass is 170 g/mol. The minimum Gasteiger partial charge on any atom is -0.368 e. The molecular formula is C6H10N4O2. The maximum atomic E-state index is 10.9. The zero-order chi connectivity index (χ0) is 9.35. The Hall–Kier alpha value is -1.43. The number of nitrogens with one attached hydrogen (secondary N) is 1. The number of carbonyl (C=O) groups excluding carboxylic acids is 2. The van der Waals surface area contributed by atoms with Crippen molar-refractivity contribution in [2.24, 2.45) is 16.5 Å². The summed E-state index contributed by atoms with van der Waals surface area (Å²) >= 11 is 0. The second-order valence-electron chi connectivity index (χ2n) is 2.70. The Balaban J connectivity index is 3.02. The standard InChI is InChI=1S/C6H10N4O2/c1-6(5(8)12)3(4(7)11)9-2-10-6/h10H,2H2,1H3,(H2,7,11)(H2,8,12). The second kappa shape index (κ2) is 2.56. The van der Waals surface area contributed by atoms with Gasteiger partial charge in [0.2, 0.25) is 5.91 Å². The molecule has 1 rings (SSSR count). The van der Waals surface area contributed by atoms with Crippen LogP contribution in [0.1, 0.15) is 6.92 Å². The summed E-state index contributed by atoms with van der Waals surface area (Å²) in [4.78, 5) is 25.4. The van der Waals surface area contributed by atoms with Gasteiger partial charge in [-0.3, -0.25) is 19.9 Å². The van der Waals surface area contributed by atoms with E-state index in [9.17, 15) is 9.59 Å². The van der Waals surface area contributed by atoms with E-state index in [0.29, 0.717) is 0 Å². The van der Waals surface area contributed by atoms with Crippen LogP contribution in [-0.4, -0.2) is 29.7 Å². The van der Waals surface area contributed by atoms with Crippen molar-refractivity contribution in [1.29, 1.82) is 0 Å². The van der Waals surface area contributed by atoms with E-state index in [4.69, 9.17) is 11.5 Å². The number of hydrogen-bond acceptors (Lipinski definition) is 4. The number of nitrogens with zero attached hydrogens (tertiary/aromatic N) is 1. The van der Waals surface area contributed by atoms with E-state index in [0.717, 1.165) is 0 Å². The van der Waals surface area contributed by atoms with Gasteiger partial charge in [-0.1, -0.05) is 0 Å². The van der Waals surface area contributed by atoms with Gasteiger partial charge in [-0.25, -0.2) is 0 Å². The van der Waals surface area contributed by atoms with Crippen LogP contribution in [0.25, 0.3) is 0 Å². The van der Waals surface area contributed by atoms with Crippen molar-refractivity contribution >= 4 is 17.5 Å². The van der Waals surface area contributed by atoms with E-state index in [2.05, 4.69) is 10.3 Å². The predicted molar refractivity (Wildman–Crippen MR) is 42.2 cm³/mol. The summed E-state index contributed by atoms with van der Waals surface area (Å²) in [5, 5.41) is 2.68. The average molecular weight is 170 g/mol. The van der Waals surface area contributed by atoms with Crippen molar-refractivity contribution in [1.82, 2.24) is 5.32 Å². The Morgan fingerprint density at radius 3 is 2.50 bits per heavy atom. The molecule has 0 saturated heterocycles. The molecule has 5 N–H and O–H groups in total. The topological polar surface area (TPSA) is 111 Å². The molecule has 2 amide bonds. The molecule has 12 heavy (non-hydrogen) atoms. The lowest BCUT2D eigenvalue weighted by Crippen LogP contribution is -2.58. The number of aliphatic imine (C=N–C) groups is 1. The largest absolute Gasteiger partial charge is 0.368 e. The van der Waals surface area contributed by atoms with Crippen molar-refractivity contribution in [2.45, 2.75) is 12.5 Å². The quantitative estimate of drug-likeness (QED) is 0.434. The van der Waals surface area contributed by atoms with Crippen molar-refractivity contribution in [2.75, 3.05) is 6.67 Å². The molecule has 0 aromatic carbocycles.